The first-order valence-corrected chi connectivity index (χ1v) is 7.68. The number of rotatable bonds is 8. The smallest absolute Gasteiger partial charge is 0.272 e. The minimum absolute atomic E-state index is 0.209. The Morgan fingerprint density at radius 2 is 1.92 bits per heavy atom. The summed E-state index contributed by atoms with van der Waals surface area (Å²) in [5.74, 6) is -0.772. The number of hydrogen-bond donors (Lipinski definition) is 1. The minimum atomic E-state index is -2.93. The fourth-order valence-electron chi connectivity index (χ4n) is 2.21. The highest BCUT2D eigenvalue weighted by Gasteiger charge is 2.16. The summed E-state index contributed by atoms with van der Waals surface area (Å²) in [6, 6.07) is 6.07. The SMILES string of the molecule is C=C(N[C@H](C)c1ccc(OCC(F)F)cn1)c1ccc(F)c(C(F)F)c1. The van der Waals surface area contributed by atoms with Gasteiger partial charge in [0, 0.05) is 5.70 Å². The zero-order valence-electron chi connectivity index (χ0n) is 13.9. The molecular weight excluding hydrogens is 355 g/mol. The van der Waals surface area contributed by atoms with Gasteiger partial charge in [-0.2, -0.15) is 0 Å². The maximum Gasteiger partial charge on any atom is 0.272 e. The van der Waals surface area contributed by atoms with Crippen molar-refractivity contribution in [1.29, 1.82) is 0 Å². The van der Waals surface area contributed by atoms with E-state index in [0.717, 1.165) is 12.1 Å². The highest BCUT2D eigenvalue weighted by Crippen LogP contribution is 2.26. The van der Waals surface area contributed by atoms with Gasteiger partial charge in [0.15, 0.2) is 0 Å². The molecule has 2 aromatic rings. The summed E-state index contributed by atoms with van der Waals surface area (Å²) in [4.78, 5) is 4.11. The van der Waals surface area contributed by atoms with Gasteiger partial charge in [-0.15, -0.1) is 0 Å². The number of ether oxygens (including phenoxy) is 1. The molecule has 0 radical (unpaired) electrons. The van der Waals surface area contributed by atoms with Crippen LogP contribution in [0.2, 0.25) is 0 Å². The molecule has 0 aliphatic rings. The van der Waals surface area contributed by atoms with Crippen LogP contribution in [0.15, 0.2) is 43.1 Å². The van der Waals surface area contributed by atoms with Gasteiger partial charge in [0.25, 0.3) is 12.9 Å². The van der Waals surface area contributed by atoms with Crippen molar-refractivity contribution in [3.63, 3.8) is 0 Å². The first kappa shape index (κ1) is 19.7. The van der Waals surface area contributed by atoms with Crippen LogP contribution in [0.4, 0.5) is 22.0 Å². The topological polar surface area (TPSA) is 34.1 Å². The molecule has 140 valence electrons. The van der Waals surface area contributed by atoms with Gasteiger partial charge in [-0.3, -0.25) is 4.98 Å². The van der Waals surface area contributed by atoms with E-state index in [2.05, 4.69) is 16.9 Å². The number of aromatic nitrogens is 1. The van der Waals surface area contributed by atoms with Crippen molar-refractivity contribution >= 4 is 5.70 Å². The predicted octanol–water partition coefficient (Wildman–Crippen LogP) is 5.12. The lowest BCUT2D eigenvalue weighted by atomic mass is 10.1. The van der Waals surface area contributed by atoms with Crippen LogP contribution >= 0.6 is 0 Å². The normalized spacial score (nSPS) is 12.3. The molecule has 0 saturated carbocycles. The van der Waals surface area contributed by atoms with Crippen LogP contribution in [0.5, 0.6) is 5.75 Å². The molecule has 26 heavy (non-hydrogen) atoms. The number of pyridine rings is 1. The third-order valence-corrected chi connectivity index (χ3v) is 3.55. The summed E-state index contributed by atoms with van der Waals surface area (Å²) >= 11 is 0. The molecular formula is C18H17F5N2O. The molecule has 3 nitrogen and oxygen atoms in total. The number of nitrogens with zero attached hydrogens (tertiary/aromatic N) is 1. The van der Waals surface area contributed by atoms with E-state index in [1.54, 1.807) is 13.0 Å². The maximum atomic E-state index is 13.4. The molecule has 1 heterocycles. The van der Waals surface area contributed by atoms with Crippen molar-refractivity contribution in [2.75, 3.05) is 6.61 Å². The molecule has 1 atom stereocenters. The number of alkyl halides is 4. The average Bonchev–Trinajstić information content (AvgIpc) is 2.60. The van der Waals surface area contributed by atoms with E-state index in [1.165, 1.54) is 18.3 Å². The summed E-state index contributed by atoms with van der Waals surface area (Å²) in [5, 5.41) is 2.98. The number of nitrogens with one attached hydrogen (secondary N) is 1. The van der Waals surface area contributed by atoms with Gasteiger partial charge < -0.3 is 10.1 Å². The Balaban J connectivity index is 2.03. The first-order chi connectivity index (χ1) is 12.3. The van der Waals surface area contributed by atoms with E-state index in [-0.39, 0.29) is 11.8 Å². The van der Waals surface area contributed by atoms with Crippen molar-refractivity contribution in [2.24, 2.45) is 0 Å². The van der Waals surface area contributed by atoms with Gasteiger partial charge >= 0.3 is 0 Å². The van der Waals surface area contributed by atoms with E-state index in [0.29, 0.717) is 17.0 Å². The number of hydrogen-bond acceptors (Lipinski definition) is 3. The lowest BCUT2D eigenvalue weighted by molar-refractivity contribution is 0.0817. The fraction of sp³-hybridized carbons (Fsp3) is 0.278. The lowest BCUT2D eigenvalue weighted by Gasteiger charge is -2.18. The van der Waals surface area contributed by atoms with Gasteiger partial charge in [0.1, 0.15) is 18.2 Å². The van der Waals surface area contributed by atoms with E-state index in [4.69, 9.17) is 4.74 Å². The average molecular weight is 372 g/mol. The van der Waals surface area contributed by atoms with E-state index < -0.39 is 30.8 Å². The van der Waals surface area contributed by atoms with Crippen LogP contribution in [-0.4, -0.2) is 18.0 Å². The van der Waals surface area contributed by atoms with E-state index in [9.17, 15) is 22.0 Å². The van der Waals surface area contributed by atoms with Crippen molar-refractivity contribution < 1.29 is 26.7 Å². The molecule has 1 N–H and O–H groups in total. The Bertz CT molecular complexity index is 750. The second kappa shape index (κ2) is 8.64. The second-order valence-electron chi connectivity index (χ2n) is 5.50. The molecule has 0 fully saturated rings. The first-order valence-electron chi connectivity index (χ1n) is 7.68. The van der Waals surface area contributed by atoms with Gasteiger partial charge in [-0.25, -0.2) is 22.0 Å². The maximum absolute atomic E-state index is 13.4. The Morgan fingerprint density at radius 3 is 2.50 bits per heavy atom. The highest BCUT2D eigenvalue weighted by molar-refractivity contribution is 5.62. The Morgan fingerprint density at radius 1 is 1.19 bits per heavy atom. The third kappa shape index (κ3) is 5.18. The minimum Gasteiger partial charge on any atom is -0.486 e. The quantitative estimate of drug-likeness (QED) is 0.653. The molecule has 1 aromatic carbocycles. The van der Waals surface area contributed by atoms with E-state index >= 15 is 0 Å². The van der Waals surface area contributed by atoms with Gasteiger partial charge in [0.05, 0.1) is 23.5 Å². The predicted molar refractivity (Wildman–Crippen MR) is 87.7 cm³/mol. The molecule has 0 bridgehead atoms. The van der Waals surface area contributed by atoms with Crippen LogP contribution in [-0.2, 0) is 0 Å². The van der Waals surface area contributed by atoms with Crippen molar-refractivity contribution in [3.8, 4) is 5.75 Å². The molecule has 0 unspecified atom stereocenters. The Kier molecular flexibility index (Phi) is 6.54. The molecule has 0 aliphatic carbocycles. The molecule has 2 rings (SSSR count). The van der Waals surface area contributed by atoms with Crippen molar-refractivity contribution in [1.82, 2.24) is 10.3 Å². The molecule has 0 saturated heterocycles. The van der Waals surface area contributed by atoms with Crippen LogP contribution in [0, 0.1) is 5.82 Å². The summed E-state index contributed by atoms with van der Waals surface area (Å²) in [6.07, 6.45) is -4.19. The van der Waals surface area contributed by atoms with Gasteiger partial charge in [-0.1, -0.05) is 6.58 Å². The number of benzene rings is 1. The molecule has 8 heteroatoms. The summed E-state index contributed by atoms with van der Waals surface area (Å²) in [5.41, 5.74) is 0.508. The molecule has 1 aromatic heterocycles. The number of halogens is 5. The highest BCUT2D eigenvalue weighted by atomic mass is 19.3. The van der Waals surface area contributed by atoms with Crippen LogP contribution in [0.3, 0.4) is 0 Å². The summed E-state index contributed by atoms with van der Waals surface area (Å²) in [7, 11) is 0. The summed E-state index contributed by atoms with van der Waals surface area (Å²) in [6.45, 7) is 4.81. The zero-order chi connectivity index (χ0) is 19.3. The standard InChI is InChI=1S/C18H17F5N2O/c1-10(12-3-5-15(19)14(7-12)18(22)23)25-11(2)16-6-4-13(8-24-16)26-9-17(20)21/h3-8,11,17-18,25H,1,9H2,2H3/t11-/m1/s1. The van der Waals surface area contributed by atoms with Gasteiger partial charge in [0.2, 0.25) is 0 Å². The molecule has 0 amide bonds. The van der Waals surface area contributed by atoms with Gasteiger partial charge in [-0.05, 0) is 42.8 Å². The summed E-state index contributed by atoms with van der Waals surface area (Å²) < 4.78 is 68.0. The Hall–Kier alpha value is -2.64. The monoisotopic (exact) mass is 372 g/mol. The molecule has 0 spiro atoms. The Labute approximate surface area is 147 Å². The van der Waals surface area contributed by atoms with Crippen molar-refractivity contribution in [3.05, 3.63) is 65.7 Å². The van der Waals surface area contributed by atoms with Crippen molar-refractivity contribution in [2.45, 2.75) is 25.8 Å². The van der Waals surface area contributed by atoms with Crippen LogP contribution < -0.4 is 10.1 Å². The largest absolute Gasteiger partial charge is 0.486 e. The van der Waals surface area contributed by atoms with E-state index in [1.807, 2.05) is 0 Å². The zero-order valence-corrected chi connectivity index (χ0v) is 13.9. The third-order valence-electron chi connectivity index (χ3n) is 3.55. The van der Waals surface area contributed by atoms with Crippen LogP contribution in [0.25, 0.3) is 5.70 Å². The van der Waals surface area contributed by atoms with Crippen LogP contribution in [0.1, 0.15) is 36.2 Å². The second-order valence-corrected chi connectivity index (χ2v) is 5.50. The lowest BCUT2D eigenvalue weighted by Crippen LogP contribution is -2.18. The molecule has 0 aliphatic heterocycles. The fourth-order valence-corrected chi connectivity index (χ4v) is 2.21.